The summed E-state index contributed by atoms with van der Waals surface area (Å²) in [6.45, 7) is 6.06. The number of rotatable bonds is 4. The summed E-state index contributed by atoms with van der Waals surface area (Å²) in [5.41, 5.74) is 0.369. The van der Waals surface area contributed by atoms with Crippen molar-refractivity contribution in [3.8, 4) is 11.8 Å². The molecular weight excluding hydrogens is 232 g/mol. The Morgan fingerprint density at radius 2 is 2.22 bits per heavy atom. The molecule has 1 rings (SSSR count). The van der Waals surface area contributed by atoms with Gasteiger partial charge in [-0.25, -0.2) is 10.6 Å². The van der Waals surface area contributed by atoms with Crippen molar-refractivity contribution in [1.29, 1.82) is 0 Å². The number of ether oxygens (including phenoxy) is 2. The van der Waals surface area contributed by atoms with Gasteiger partial charge in [-0.2, -0.15) is 0 Å². The molecule has 0 saturated carbocycles. The Hall–Kier alpha value is -1.93. The lowest BCUT2D eigenvalue weighted by molar-refractivity contribution is -0.138. The maximum Gasteiger partial charge on any atom is 0.341 e. The Morgan fingerprint density at radius 1 is 1.50 bits per heavy atom. The number of hydrogen-bond acceptors (Lipinski definition) is 5. The highest BCUT2D eigenvalue weighted by Crippen LogP contribution is 2.21. The molecule has 0 amide bonds. The van der Waals surface area contributed by atoms with Crippen LogP contribution < -0.4 is 5.84 Å². The lowest BCUT2D eigenvalue weighted by atomic mass is 10.1. The fourth-order valence-electron chi connectivity index (χ4n) is 1.52. The quantitative estimate of drug-likeness (QED) is 0.457. The molecule has 5 nitrogen and oxygen atoms in total. The lowest BCUT2D eigenvalue weighted by Gasteiger charge is -2.26. The monoisotopic (exact) mass is 250 g/mol. The predicted molar refractivity (Wildman–Crippen MR) is 67.7 cm³/mol. The Labute approximate surface area is 107 Å². The maximum atomic E-state index is 11.8. The average Bonchev–Trinajstić information content (AvgIpc) is 2.33. The van der Waals surface area contributed by atoms with Gasteiger partial charge < -0.3 is 9.47 Å². The molecule has 0 saturated heterocycles. The van der Waals surface area contributed by atoms with Gasteiger partial charge in [-0.1, -0.05) is 5.92 Å². The molecule has 1 aliphatic heterocycles. The minimum absolute atomic E-state index is 0.312. The second-order valence-corrected chi connectivity index (χ2v) is 3.51. The smallest absolute Gasteiger partial charge is 0.341 e. The molecule has 0 aliphatic carbocycles. The first-order chi connectivity index (χ1) is 8.63. The van der Waals surface area contributed by atoms with Crippen molar-refractivity contribution in [2.75, 3.05) is 13.2 Å². The van der Waals surface area contributed by atoms with Crippen LogP contribution in [-0.2, 0) is 14.3 Å². The van der Waals surface area contributed by atoms with Crippen molar-refractivity contribution in [3.63, 3.8) is 0 Å². The Morgan fingerprint density at radius 3 is 2.78 bits per heavy atom. The van der Waals surface area contributed by atoms with E-state index in [-0.39, 0.29) is 6.04 Å². The van der Waals surface area contributed by atoms with E-state index in [9.17, 15) is 4.79 Å². The molecule has 0 fully saturated rings. The highest BCUT2D eigenvalue weighted by molar-refractivity contribution is 5.93. The molecule has 1 unspecified atom stereocenters. The van der Waals surface area contributed by atoms with Crippen molar-refractivity contribution in [3.05, 3.63) is 23.6 Å². The van der Waals surface area contributed by atoms with Crippen LogP contribution in [-0.4, -0.2) is 30.2 Å². The predicted octanol–water partition coefficient (Wildman–Crippen LogP) is 0.935. The van der Waals surface area contributed by atoms with Crippen molar-refractivity contribution in [2.45, 2.75) is 26.8 Å². The largest absolute Gasteiger partial charge is 0.491 e. The third-order valence-corrected chi connectivity index (χ3v) is 2.26. The van der Waals surface area contributed by atoms with Gasteiger partial charge in [0.2, 0.25) is 0 Å². The van der Waals surface area contributed by atoms with Gasteiger partial charge >= 0.3 is 5.97 Å². The molecular formula is C13H18N2O3. The Kier molecular flexibility index (Phi) is 5.28. The molecule has 0 aromatic heterocycles. The van der Waals surface area contributed by atoms with Crippen molar-refractivity contribution < 1.29 is 14.3 Å². The summed E-state index contributed by atoms with van der Waals surface area (Å²) in [6.07, 6.45) is 3.21. The summed E-state index contributed by atoms with van der Waals surface area (Å²) in [5.74, 6) is 11.4. The van der Waals surface area contributed by atoms with Crippen molar-refractivity contribution >= 4 is 5.97 Å². The standard InChI is InChI=1S/C13H18N2O3/c1-4-7-10-8-11(13(16)18-6-3)12(17-5-2)9-15(10)14/h8-10H,5-6,14H2,1-3H3. The number of hydrazine groups is 1. The first-order valence-electron chi connectivity index (χ1n) is 5.83. The molecule has 2 N–H and O–H groups in total. The molecule has 0 aromatic rings. The number of nitrogens with two attached hydrogens (primary N) is 1. The summed E-state index contributed by atoms with van der Waals surface area (Å²) in [7, 11) is 0. The fourth-order valence-corrected chi connectivity index (χ4v) is 1.52. The van der Waals surface area contributed by atoms with Gasteiger partial charge in [-0.15, -0.1) is 5.92 Å². The number of nitrogens with zero attached hydrogens (tertiary/aromatic N) is 1. The van der Waals surface area contributed by atoms with Crippen LogP contribution >= 0.6 is 0 Å². The third kappa shape index (κ3) is 3.28. The summed E-state index contributed by atoms with van der Waals surface area (Å²) in [4.78, 5) is 11.8. The minimum Gasteiger partial charge on any atom is -0.491 e. The van der Waals surface area contributed by atoms with Crippen LogP contribution in [0.15, 0.2) is 23.6 Å². The molecule has 1 atom stereocenters. The zero-order valence-electron chi connectivity index (χ0n) is 10.9. The van der Waals surface area contributed by atoms with Crippen LogP contribution in [0.4, 0.5) is 0 Å². The summed E-state index contributed by atoms with van der Waals surface area (Å²) in [5, 5.41) is 1.41. The SMILES string of the molecule is CC#CC1C=C(C(=O)OCC)C(OCC)=CN1N. The van der Waals surface area contributed by atoms with Crippen molar-refractivity contribution in [1.82, 2.24) is 5.01 Å². The van der Waals surface area contributed by atoms with Gasteiger partial charge in [0.05, 0.1) is 19.4 Å². The van der Waals surface area contributed by atoms with E-state index in [1.165, 1.54) is 5.01 Å². The molecule has 5 heteroatoms. The summed E-state index contributed by atoms with van der Waals surface area (Å²) in [6, 6.07) is -0.349. The highest BCUT2D eigenvalue weighted by atomic mass is 16.5. The molecule has 0 radical (unpaired) electrons. The van der Waals surface area contributed by atoms with Crippen LogP contribution in [0.5, 0.6) is 0 Å². The van der Waals surface area contributed by atoms with Crippen LogP contribution in [0.25, 0.3) is 0 Å². The number of carbonyl (C=O) groups excluding carboxylic acids is 1. The van der Waals surface area contributed by atoms with E-state index in [4.69, 9.17) is 15.3 Å². The molecule has 0 spiro atoms. The molecule has 1 aliphatic rings. The fraction of sp³-hybridized carbons (Fsp3) is 0.462. The second kappa shape index (κ2) is 6.72. The molecule has 0 aromatic carbocycles. The summed E-state index contributed by atoms with van der Waals surface area (Å²) >= 11 is 0. The highest BCUT2D eigenvalue weighted by Gasteiger charge is 2.25. The van der Waals surface area contributed by atoms with Crippen LogP contribution in [0, 0.1) is 11.8 Å². The number of carbonyl (C=O) groups is 1. The zero-order valence-corrected chi connectivity index (χ0v) is 10.9. The van der Waals surface area contributed by atoms with E-state index in [1.807, 2.05) is 6.92 Å². The Balaban J connectivity index is 3.03. The van der Waals surface area contributed by atoms with Crippen LogP contribution in [0.1, 0.15) is 20.8 Å². The van der Waals surface area contributed by atoms with E-state index in [1.54, 1.807) is 26.1 Å². The van der Waals surface area contributed by atoms with Crippen LogP contribution in [0.3, 0.4) is 0 Å². The minimum atomic E-state index is -0.423. The van der Waals surface area contributed by atoms with E-state index >= 15 is 0 Å². The number of esters is 1. The average molecular weight is 250 g/mol. The normalized spacial score (nSPS) is 18.2. The van der Waals surface area contributed by atoms with E-state index in [0.29, 0.717) is 24.5 Å². The molecule has 0 bridgehead atoms. The van der Waals surface area contributed by atoms with Gasteiger partial charge in [0.15, 0.2) is 5.76 Å². The topological polar surface area (TPSA) is 64.8 Å². The van der Waals surface area contributed by atoms with Crippen molar-refractivity contribution in [2.24, 2.45) is 5.84 Å². The van der Waals surface area contributed by atoms with E-state index in [0.717, 1.165) is 0 Å². The Bertz CT molecular complexity index is 429. The van der Waals surface area contributed by atoms with Gasteiger partial charge in [0.25, 0.3) is 0 Å². The molecule has 1 heterocycles. The van der Waals surface area contributed by atoms with Crippen LogP contribution in [0.2, 0.25) is 0 Å². The third-order valence-electron chi connectivity index (χ3n) is 2.26. The zero-order chi connectivity index (χ0) is 13.5. The molecule has 98 valence electrons. The summed E-state index contributed by atoms with van der Waals surface area (Å²) < 4.78 is 10.4. The van der Waals surface area contributed by atoms with E-state index < -0.39 is 5.97 Å². The number of hydrogen-bond donors (Lipinski definition) is 1. The molecule has 18 heavy (non-hydrogen) atoms. The lowest BCUT2D eigenvalue weighted by Crippen LogP contribution is -2.38. The first-order valence-corrected chi connectivity index (χ1v) is 5.83. The van der Waals surface area contributed by atoms with Gasteiger partial charge in [0.1, 0.15) is 11.6 Å². The van der Waals surface area contributed by atoms with Gasteiger partial charge in [0, 0.05) is 0 Å². The second-order valence-electron chi connectivity index (χ2n) is 3.51. The van der Waals surface area contributed by atoms with Gasteiger partial charge in [-0.05, 0) is 26.8 Å². The first kappa shape index (κ1) is 14.1. The van der Waals surface area contributed by atoms with E-state index in [2.05, 4.69) is 11.8 Å². The maximum absolute atomic E-state index is 11.8. The van der Waals surface area contributed by atoms with Gasteiger partial charge in [-0.3, -0.25) is 5.01 Å².